The van der Waals surface area contributed by atoms with Crippen LogP contribution < -0.4 is 9.64 Å². The van der Waals surface area contributed by atoms with E-state index in [2.05, 4.69) is 16.8 Å². The topological polar surface area (TPSA) is 45.6 Å². The van der Waals surface area contributed by atoms with Gasteiger partial charge in [0.1, 0.15) is 0 Å². The summed E-state index contributed by atoms with van der Waals surface area (Å²) in [6.45, 7) is 7.65. The van der Waals surface area contributed by atoms with Gasteiger partial charge in [0.2, 0.25) is 0 Å². The van der Waals surface area contributed by atoms with Crippen LogP contribution in [0.25, 0.3) is 0 Å². The van der Waals surface area contributed by atoms with Crippen molar-refractivity contribution in [2.45, 2.75) is 39.4 Å². The summed E-state index contributed by atoms with van der Waals surface area (Å²) in [7, 11) is 0. The normalized spacial score (nSPS) is 24.4. The number of pyridine rings is 1. The van der Waals surface area contributed by atoms with E-state index in [9.17, 15) is 5.11 Å². The quantitative estimate of drug-likeness (QED) is 0.892. The van der Waals surface area contributed by atoms with Crippen molar-refractivity contribution in [3.63, 3.8) is 0 Å². The summed E-state index contributed by atoms with van der Waals surface area (Å²) in [6.07, 6.45) is 2.60. The Morgan fingerprint density at radius 2 is 2.28 bits per heavy atom. The third kappa shape index (κ3) is 2.93. The second-order valence-corrected chi connectivity index (χ2v) is 5.27. The van der Waals surface area contributed by atoms with Gasteiger partial charge in [-0.25, -0.2) is 4.98 Å². The fraction of sp³-hybridized carbons (Fsp3) is 0.643. The number of aliphatic hydroxyl groups is 1. The second kappa shape index (κ2) is 5.57. The van der Waals surface area contributed by atoms with Gasteiger partial charge >= 0.3 is 0 Å². The molecule has 2 unspecified atom stereocenters. The van der Waals surface area contributed by atoms with Crippen molar-refractivity contribution < 1.29 is 9.84 Å². The molecule has 0 spiro atoms. The lowest BCUT2D eigenvalue weighted by Gasteiger charge is -2.35. The minimum atomic E-state index is -0.285. The molecular formula is C14H22N2O2. The van der Waals surface area contributed by atoms with Crippen LogP contribution in [0.15, 0.2) is 18.3 Å². The Balaban J connectivity index is 2.17. The van der Waals surface area contributed by atoms with Gasteiger partial charge in [0.15, 0.2) is 11.6 Å². The van der Waals surface area contributed by atoms with Crippen molar-refractivity contribution in [3.05, 3.63) is 18.3 Å². The molecule has 0 radical (unpaired) electrons. The zero-order valence-corrected chi connectivity index (χ0v) is 11.3. The van der Waals surface area contributed by atoms with Crippen molar-refractivity contribution in [3.8, 4) is 5.75 Å². The van der Waals surface area contributed by atoms with Crippen molar-refractivity contribution in [2.75, 3.05) is 18.0 Å². The fourth-order valence-corrected chi connectivity index (χ4v) is 2.21. The number of aliphatic hydroxyl groups excluding tert-OH is 1. The molecule has 1 fully saturated rings. The molecule has 1 aromatic heterocycles. The first kappa shape index (κ1) is 13.1. The third-order valence-electron chi connectivity index (χ3n) is 3.33. The Hall–Kier alpha value is -1.29. The Labute approximate surface area is 109 Å². The van der Waals surface area contributed by atoms with E-state index in [1.807, 2.05) is 26.0 Å². The van der Waals surface area contributed by atoms with Crippen LogP contribution in [0.3, 0.4) is 0 Å². The van der Waals surface area contributed by atoms with E-state index < -0.39 is 0 Å². The lowest BCUT2D eigenvalue weighted by molar-refractivity contribution is 0.102. The number of piperidine rings is 1. The molecule has 0 aromatic carbocycles. The molecule has 0 amide bonds. The molecule has 0 bridgehead atoms. The molecule has 1 aliphatic rings. The van der Waals surface area contributed by atoms with Crippen LogP contribution in [0, 0.1) is 5.92 Å². The monoisotopic (exact) mass is 250 g/mol. The highest BCUT2D eigenvalue weighted by Crippen LogP contribution is 2.29. The molecule has 2 atom stereocenters. The molecule has 1 aliphatic heterocycles. The SMILES string of the molecule is CC(C)Oc1cccnc1N1CCC(C)C(O)C1. The van der Waals surface area contributed by atoms with Gasteiger partial charge in [-0.15, -0.1) is 0 Å². The molecule has 0 saturated carbocycles. The number of nitrogens with zero attached hydrogens (tertiary/aromatic N) is 2. The first-order valence-electron chi connectivity index (χ1n) is 6.62. The van der Waals surface area contributed by atoms with Gasteiger partial charge in [0, 0.05) is 19.3 Å². The van der Waals surface area contributed by atoms with E-state index >= 15 is 0 Å². The lowest BCUT2D eigenvalue weighted by atomic mass is 9.96. The molecule has 18 heavy (non-hydrogen) atoms. The van der Waals surface area contributed by atoms with E-state index in [4.69, 9.17) is 4.74 Å². The highest BCUT2D eigenvalue weighted by atomic mass is 16.5. The van der Waals surface area contributed by atoms with Crippen LogP contribution in [0.5, 0.6) is 5.75 Å². The molecule has 4 heteroatoms. The minimum Gasteiger partial charge on any atom is -0.487 e. The van der Waals surface area contributed by atoms with E-state index in [-0.39, 0.29) is 12.2 Å². The van der Waals surface area contributed by atoms with Gasteiger partial charge in [-0.2, -0.15) is 0 Å². The van der Waals surface area contributed by atoms with Gasteiger partial charge in [-0.05, 0) is 38.3 Å². The van der Waals surface area contributed by atoms with E-state index in [1.165, 1.54) is 0 Å². The molecule has 1 saturated heterocycles. The largest absolute Gasteiger partial charge is 0.487 e. The number of aromatic nitrogens is 1. The van der Waals surface area contributed by atoms with Gasteiger partial charge in [-0.1, -0.05) is 6.92 Å². The third-order valence-corrected chi connectivity index (χ3v) is 3.33. The first-order valence-corrected chi connectivity index (χ1v) is 6.62. The van der Waals surface area contributed by atoms with Gasteiger partial charge < -0.3 is 14.7 Å². The number of ether oxygens (including phenoxy) is 1. The maximum Gasteiger partial charge on any atom is 0.171 e. The summed E-state index contributed by atoms with van der Waals surface area (Å²) < 4.78 is 5.77. The second-order valence-electron chi connectivity index (χ2n) is 5.27. The Bertz CT molecular complexity index is 395. The standard InChI is InChI=1S/C14H22N2O2/c1-10(2)18-13-5-4-7-15-14(13)16-8-6-11(3)12(17)9-16/h4-5,7,10-12,17H,6,8-9H2,1-3H3. The van der Waals surface area contributed by atoms with Crippen LogP contribution in [-0.4, -0.2) is 35.4 Å². The maximum atomic E-state index is 9.97. The van der Waals surface area contributed by atoms with Crippen LogP contribution in [0.2, 0.25) is 0 Å². The Morgan fingerprint density at radius 1 is 1.50 bits per heavy atom. The predicted octanol–water partition coefficient (Wildman–Crippen LogP) is 2.08. The first-order chi connectivity index (χ1) is 8.58. The molecule has 1 aromatic rings. The number of hydrogen-bond donors (Lipinski definition) is 1. The molecule has 100 valence electrons. The summed E-state index contributed by atoms with van der Waals surface area (Å²) in [5.41, 5.74) is 0. The Kier molecular flexibility index (Phi) is 4.07. The molecule has 2 rings (SSSR count). The lowest BCUT2D eigenvalue weighted by Crippen LogP contribution is -2.43. The van der Waals surface area contributed by atoms with Crippen LogP contribution in [0.1, 0.15) is 27.2 Å². The molecule has 2 heterocycles. The number of hydrogen-bond acceptors (Lipinski definition) is 4. The summed E-state index contributed by atoms with van der Waals surface area (Å²) in [4.78, 5) is 6.52. The maximum absolute atomic E-state index is 9.97. The van der Waals surface area contributed by atoms with E-state index in [0.29, 0.717) is 12.5 Å². The van der Waals surface area contributed by atoms with E-state index in [0.717, 1.165) is 24.5 Å². The fourth-order valence-electron chi connectivity index (χ4n) is 2.21. The predicted molar refractivity (Wildman–Crippen MR) is 72.0 cm³/mol. The number of anilines is 1. The summed E-state index contributed by atoms with van der Waals surface area (Å²) >= 11 is 0. The van der Waals surface area contributed by atoms with Crippen LogP contribution in [-0.2, 0) is 0 Å². The number of rotatable bonds is 3. The Morgan fingerprint density at radius 3 is 2.94 bits per heavy atom. The molecule has 0 aliphatic carbocycles. The van der Waals surface area contributed by atoms with E-state index in [1.54, 1.807) is 6.20 Å². The minimum absolute atomic E-state index is 0.126. The zero-order chi connectivity index (χ0) is 13.1. The molecule has 4 nitrogen and oxygen atoms in total. The van der Waals surface area contributed by atoms with Crippen molar-refractivity contribution in [2.24, 2.45) is 5.92 Å². The van der Waals surface area contributed by atoms with Crippen LogP contribution >= 0.6 is 0 Å². The smallest absolute Gasteiger partial charge is 0.171 e. The van der Waals surface area contributed by atoms with Crippen molar-refractivity contribution in [1.82, 2.24) is 4.98 Å². The van der Waals surface area contributed by atoms with Crippen molar-refractivity contribution >= 4 is 5.82 Å². The van der Waals surface area contributed by atoms with Gasteiger partial charge in [0.25, 0.3) is 0 Å². The highest BCUT2D eigenvalue weighted by Gasteiger charge is 2.26. The number of β-amino-alcohol motifs (C(OH)–C–C–N with tert-alkyl or cyclic N) is 1. The summed E-state index contributed by atoms with van der Waals surface area (Å²) in [6, 6.07) is 3.82. The molecular weight excluding hydrogens is 228 g/mol. The molecule has 1 N–H and O–H groups in total. The zero-order valence-electron chi connectivity index (χ0n) is 11.3. The van der Waals surface area contributed by atoms with Gasteiger partial charge in [-0.3, -0.25) is 0 Å². The summed E-state index contributed by atoms with van der Waals surface area (Å²) in [5, 5.41) is 9.97. The van der Waals surface area contributed by atoms with Crippen LogP contribution in [0.4, 0.5) is 5.82 Å². The highest BCUT2D eigenvalue weighted by molar-refractivity contribution is 5.52. The van der Waals surface area contributed by atoms with Gasteiger partial charge in [0.05, 0.1) is 12.2 Å². The van der Waals surface area contributed by atoms with Crippen molar-refractivity contribution in [1.29, 1.82) is 0 Å². The average molecular weight is 250 g/mol. The average Bonchev–Trinajstić information content (AvgIpc) is 2.33. The summed E-state index contributed by atoms with van der Waals surface area (Å²) in [5.74, 6) is 2.01.